The number of nitrogens with zero attached hydrogens (tertiary/aromatic N) is 2. The van der Waals surface area contributed by atoms with Gasteiger partial charge in [-0.05, 0) is 35.3 Å². The first-order valence-electron chi connectivity index (χ1n) is 6.55. The zero-order valence-electron chi connectivity index (χ0n) is 11.9. The summed E-state index contributed by atoms with van der Waals surface area (Å²) in [6.45, 7) is 4.60. The van der Waals surface area contributed by atoms with E-state index in [1.54, 1.807) is 0 Å². The van der Waals surface area contributed by atoms with Gasteiger partial charge in [-0.15, -0.1) is 11.6 Å². The fourth-order valence-electron chi connectivity index (χ4n) is 2.08. The van der Waals surface area contributed by atoms with Crippen LogP contribution in [0.25, 0.3) is 0 Å². The smallest absolute Gasteiger partial charge is 0.131 e. The Bertz CT molecular complexity index is 610. The van der Waals surface area contributed by atoms with E-state index in [-0.39, 0.29) is 0 Å². The van der Waals surface area contributed by atoms with E-state index < -0.39 is 0 Å². The van der Waals surface area contributed by atoms with Gasteiger partial charge in [0.25, 0.3) is 0 Å². The number of halogens is 2. The molecule has 0 aliphatic carbocycles. The minimum Gasteiger partial charge on any atom is -0.487 e. The van der Waals surface area contributed by atoms with Gasteiger partial charge in [0.1, 0.15) is 12.4 Å². The molecule has 20 heavy (non-hydrogen) atoms. The first-order valence-corrected chi connectivity index (χ1v) is 7.88. The van der Waals surface area contributed by atoms with E-state index in [4.69, 9.17) is 16.3 Å². The van der Waals surface area contributed by atoms with Crippen LogP contribution in [0.5, 0.6) is 5.75 Å². The molecule has 0 aliphatic rings. The lowest BCUT2D eigenvalue weighted by Crippen LogP contribution is -2.04. The maximum Gasteiger partial charge on any atom is 0.131 e. The number of benzene rings is 1. The predicted molar refractivity (Wildman–Crippen MR) is 85.4 cm³/mol. The molecular formula is C15H18BrClN2O. The summed E-state index contributed by atoms with van der Waals surface area (Å²) in [5.41, 5.74) is 4.28. The van der Waals surface area contributed by atoms with Crippen LogP contribution in [0.15, 0.2) is 22.7 Å². The number of aromatic nitrogens is 2. The van der Waals surface area contributed by atoms with Crippen molar-refractivity contribution in [1.82, 2.24) is 9.78 Å². The van der Waals surface area contributed by atoms with Crippen molar-refractivity contribution in [2.24, 2.45) is 7.05 Å². The van der Waals surface area contributed by atoms with Crippen LogP contribution < -0.4 is 4.74 Å². The maximum atomic E-state index is 5.97. The minimum atomic E-state index is 0.448. The maximum absolute atomic E-state index is 5.97. The summed E-state index contributed by atoms with van der Waals surface area (Å²) < 4.78 is 8.80. The second kappa shape index (κ2) is 6.64. The van der Waals surface area contributed by atoms with Gasteiger partial charge in [0.05, 0.1) is 21.7 Å². The Morgan fingerprint density at radius 2 is 2.15 bits per heavy atom. The highest BCUT2D eigenvalue weighted by molar-refractivity contribution is 9.10. The van der Waals surface area contributed by atoms with Crippen molar-refractivity contribution in [3.05, 3.63) is 45.2 Å². The number of hydrogen-bond donors (Lipinski definition) is 0. The molecule has 0 N–H and O–H groups in total. The van der Waals surface area contributed by atoms with E-state index in [9.17, 15) is 0 Å². The van der Waals surface area contributed by atoms with Crippen molar-refractivity contribution < 1.29 is 4.74 Å². The number of hydrogen-bond acceptors (Lipinski definition) is 2. The van der Waals surface area contributed by atoms with Gasteiger partial charge in [0.2, 0.25) is 0 Å². The van der Waals surface area contributed by atoms with Crippen molar-refractivity contribution in [2.75, 3.05) is 0 Å². The fourth-order valence-corrected chi connectivity index (χ4v) is 3.02. The van der Waals surface area contributed by atoms with Crippen LogP contribution in [0.2, 0.25) is 0 Å². The molecule has 1 heterocycles. The lowest BCUT2D eigenvalue weighted by molar-refractivity contribution is 0.292. The highest BCUT2D eigenvalue weighted by Crippen LogP contribution is 2.26. The second-order valence-electron chi connectivity index (χ2n) is 4.72. The Morgan fingerprint density at radius 1 is 1.40 bits per heavy atom. The highest BCUT2D eigenvalue weighted by Gasteiger charge is 2.13. The number of aryl methyl sites for hydroxylation is 3. The van der Waals surface area contributed by atoms with Crippen LogP contribution in [0.1, 0.15) is 29.4 Å². The molecular weight excluding hydrogens is 340 g/mol. The van der Waals surface area contributed by atoms with Crippen LogP contribution >= 0.6 is 27.5 Å². The molecule has 1 aromatic carbocycles. The molecule has 0 amide bonds. The third-order valence-electron chi connectivity index (χ3n) is 3.23. The second-order valence-corrected chi connectivity index (χ2v) is 5.78. The molecule has 0 saturated carbocycles. The summed E-state index contributed by atoms with van der Waals surface area (Å²) in [6.07, 6.45) is 0.895. The van der Waals surface area contributed by atoms with Crippen molar-refractivity contribution in [2.45, 2.75) is 32.8 Å². The van der Waals surface area contributed by atoms with Gasteiger partial charge in [-0.2, -0.15) is 5.10 Å². The summed E-state index contributed by atoms with van der Waals surface area (Å²) in [4.78, 5) is 0. The SMILES string of the molecule is CCc1nn(C)c(COc2ccc(C)cc2CCl)c1Br. The van der Waals surface area contributed by atoms with Crippen LogP contribution in [0, 0.1) is 6.92 Å². The molecule has 2 rings (SSSR count). The zero-order chi connectivity index (χ0) is 14.7. The van der Waals surface area contributed by atoms with Gasteiger partial charge in [-0.1, -0.05) is 24.6 Å². The van der Waals surface area contributed by atoms with E-state index in [2.05, 4.69) is 34.0 Å². The average molecular weight is 358 g/mol. The van der Waals surface area contributed by atoms with Crippen LogP contribution in [0.3, 0.4) is 0 Å². The molecule has 108 valence electrons. The molecule has 0 aliphatic heterocycles. The fraction of sp³-hybridized carbons (Fsp3) is 0.400. The number of alkyl halides is 1. The normalized spacial score (nSPS) is 10.8. The first kappa shape index (κ1) is 15.4. The van der Waals surface area contributed by atoms with Crippen molar-refractivity contribution in [1.29, 1.82) is 0 Å². The van der Waals surface area contributed by atoms with E-state index in [0.717, 1.165) is 33.6 Å². The molecule has 0 radical (unpaired) electrons. The van der Waals surface area contributed by atoms with E-state index >= 15 is 0 Å². The van der Waals surface area contributed by atoms with E-state index in [0.29, 0.717) is 12.5 Å². The van der Waals surface area contributed by atoms with Crippen molar-refractivity contribution >= 4 is 27.5 Å². The quantitative estimate of drug-likeness (QED) is 0.743. The average Bonchev–Trinajstić information content (AvgIpc) is 2.72. The molecule has 1 aromatic heterocycles. The Balaban J connectivity index is 2.19. The standard InChI is InChI=1S/C15H18BrClN2O/c1-4-12-15(16)13(19(3)18-12)9-20-14-6-5-10(2)7-11(14)8-17/h5-7H,4,8-9H2,1-3H3. The van der Waals surface area contributed by atoms with Crippen molar-refractivity contribution in [3.63, 3.8) is 0 Å². The van der Waals surface area contributed by atoms with Gasteiger partial charge in [-0.25, -0.2) is 0 Å². The summed E-state index contributed by atoms with van der Waals surface area (Å²) in [5.74, 6) is 1.28. The summed E-state index contributed by atoms with van der Waals surface area (Å²) in [5, 5.41) is 4.46. The third-order valence-corrected chi connectivity index (χ3v) is 4.43. The summed E-state index contributed by atoms with van der Waals surface area (Å²) in [6, 6.07) is 6.05. The van der Waals surface area contributed by atoms with Gasteiger partial charge in [0, 0.05) is 12.6 Å². The molecule has 0 spiro atoms. The Hall–Kier alpha value is -1.000. The first-order chi connectivity index (χ1) is 9.56. The monoisotopic (exact) mass is 356 g/mol. The minimum absolute atomic E-state index is 0.448. The molecule has 5 heteroatoms. The lowest BCUT2D eigenvalue weighted by atomic mass is 10.1. The topological polar surface area (TPSA) is 27.1 Å². The van der Waals surface area contributed by atoms with Crippen LogP contribution in [0.4, 0.5) is 0 Å². The lowest BCUT2D eigenvalue weighted by Gasteiger charge is -2.11. The Labute approximate surface area is 133 Å². The zero-order valence-corrected chi connectivity index (χ0v) is 14.3. The molecule has 0 bridgehead atoms. The van der Waals surface area contributed by atoms with Gasteiger partial charge in [-0.3, -0.25) is 4.68 Å². The van der Waals surface area contributed by atoms with Gasteiger partial charge in [0.15, 0.2) is 0 Å². The Kier molecular flexibility index (Phi) is 5.11. The molecule has 3 nitrogen and oxygen atoms in total. The number of rotatable bonds is 5. The van der Waals surface area contributed by atoms with Gasteiger partial charge < -0.3 is 4.74 Å². The molecule has 2 aromatic rings. The molecule has 0 unspecified atom stereocenters. The Morgan fingerprint density at radius 3 is 2.75 bits per heavy atom. The number of ether oxygens (including phenoxy) is 1. The molecule has 0 saturated heterocycles. The van der Waals surface area contributed by atoms with Gasteiger partial charge >= 0.3 is 0 Å². The highest BCUT2D eigenvalue weighted by atomic mass is 79.9. The van der Waals surface area contributed by atoms with Crippen molar-refractivity contribution in [3.8, 4) is 5.75 Å². The van der Waals surface area contributed by atoms with Crippen LogP contribution in [-0.2, 0) is 26.0 Å². The third kappa shape index (κ3) is 3.18. The van der Waals surface area contributed by atoms with E-state index in [1.807, 2.05) is 30.8 Å². The largest absolute Gasteiger partial charge is 0.487 e. The van der Waals surface area contributed by atoms with E-state index in [1.165, 1.54) is 5.56 Å². The predicted octanol–water partition coefficient (Wildman–Crippen LogP) is 4.37. The molecule has 0 atom stereocenters. The van der Waals surface area contributed by atoms with Crippen LogP contribution in [-0.4, -0.2) is 9.78 Å². The molecule has 0 fully saturated rings. The summed E-state index contributed by atoms with van der Waals surface area (Å²) in [7, 11) is 1.93. The summed E-state index contributed by atoms with van der Waals surface area (Å²) >= 11 is 9.56.